The molecule has 1 saturated heterocycles. The smallest absolute Gasteiger partial charge is 0.252 e. The molecule has 0 spiro atoms. The molecular weight excluding hydrogens is 202 g/mol. The van der Waals surface area contributed by atoms with Crippen LogP contribution in [0, 0.1) is 0 Å². The fraction of sp³-hybridized carbons (Fsp3) is 0.583. The maximum absolute atomic E-state index is 11.7. The molecule has 1 fully saturated rings. The van der Waals surface area contributed by atoms with Crippen LogP contribution in [0.25, 0.3) is 0 Å². The molecule has 86 valence electrons. The Balaban J connectivity index is 2.15. The second kappa shape index (κ2) is 3.43. The van der Waals surface area contributed by atoms with Gasteiger partial charge in [-0.25, -0.2) is 0 Å². The molecule has 4 nitrogen and oxygen atoms in total. The predicted octanol–water partition coefficient (Wildman–Crippen LogP) is 0.525. The molecule has 16 heavy (non-hydrogen) atoms. The molecule has 3 rings (SSSR count). The predicted molar refractivity (Wildman–Crippen MR) is 62.2 cm³/mol. The lowest BCUT2D eigenvalue weighted by Crippen LogP contribution is -2.36. The third-order valence-electron chi connectivity index (χ3n) is 4.09. The van der Waals surface area contributed by atoms with E-state index in [-0.39, 0.29) is 5.56 Å². The first-order valence-corrected chi connectivity index (χ1v) is 5.87. The first kappa shape index (κ1) is 10.1. The molecule has 3 N–H and O–H groups in total. The van der Waals surface area contributed by atoms with Gasteiger partial charge in [-0.1, -0.05) is 0 Å². The zero-order chi connectivity index (χ0) is 11.3. The summed E-state index contributed by atoms with van der Waals surface area (Å²) < 4.78 is 0. The highest BCUT2D eigenvalue weighted by atomic mass is 16.1. The van der Waals surface area contributed by atoms with Crippen LogP contribution in [0.1, 0.15) is 35.7 Å². The van der Waals surface area contributed by atoms with Crippen LogP contribution in [-0.4, -0.2) is 23.0 Å². The van der Waals surface area contributed by atoms with Crippen molar-refractivity contribution in [3.05, 3.63) is 33.2 Å². The van der Waals surface area contributed by atoms with Gasteiger partial charge in [0.15, 0.2) is 0 Å². The fourth-order valence-corrected chi connectivity index (χ4v) is 3.12. The van der Waals surface area contributed by atoms with Gasteiger partial charge in [0.05, 0.1) is 0 Å². The van der Waals surface area contributed by atoms with Crippen LogP contribution < -0.4 is 11.3 Å². The molecule has 2 bridgehead atoms. The maximum atomic E-state index is 11.7. The first-order chi connectivity index (χ1) is 7.70. The van der Waals surface area contributed by atoms with Gasteiger partial charge in [0, 0.05) is 36.3 Å². The number of aromatic amines is 1. The molecule has 1 aromatic rings. The molecule has 1 aromatic heterocycles. The second-order valence-corrected chi connectivity index (χ2v) is 4.88. The molecule has 4 heteroatoms. The quantitative estimate of drug-likeness (QED) is 0.724. The molecule has 0 saturated carbocycles. The van der Waals surface area contributed by atoms with Gasteiger partial charge in [-0.3, -0.25) is 9.69 Å². The van der Waals surface area contributed by atoms with Gasteiger partial charge in [-0.2, -0.15) is 0 Å². The highest BCUT2D eigenvalue weighted by Crippen LogP contribution is 2.41. The van der Waals surface area contributed by atoms with Gasteiger partial charge >= 0.3 is 0 Å². The van der Waals surface area contributed by atoms with Crippen molar-refractivity contribution >= 4 is 0 Å². The average Bonchev–Trinajstić information content (AvgIpc) is 2.53. The van der Waals surface area contributed by atoms with Gasteiger partial charge in [-0.15, -0.1) is 0 Å². The van der Waals surface area contributed by atoms with E-state index in [4.69, 9.17) is 5.73 Å². The van der Waals surface area contributed by atoms with Crippen molar-refractivity contribution < 1.29 is 0 Å². The lowest BCUT2D eigenvalue weighted by molar-refractivity contribution is 0.221. The number of hydrogen-bond acceptors (Lipinski definition) is 3. The molecule has 0 radical (unpaired) electrons. The van der Waals surface area contributed by atoms with Gasteiger partial charge in [0.2, 0.25) is 0 Å². The van der Waals surface area contributed by atoms with Crippen LogP contribution in [0.5, 0.6) is 0 Å². The van der Waals surface area contributed by atoms with Gasteiger partial charge in [-0.05, 0) is 31.5 Å². The zero-order valence-corrected chi connectivity index (χ0v) is 9.49. The molecule has 2 atom stereocenters. The largest absolute Gasteiger partial charge is 0.326 e. The molecule has 0 aliphatic carbocycles. The number of nitrogens with two attached hydrogens (primary N) is 1. The Morgan fingerprint density at radius 3 is 3.12 bits per heavy atom. The van der Waals surface area contributed by atoms with Crippen molar-refractivity contribution in [1.29, 1.82) is 0 Å². The number of fused-ring (bicyclic) bond motifs is 4. The third-order valence-corrected chi connectivity index (χ3v) is 4.09. The van der Waals surface area contributed by atoms with Crippen molar-refractivity contribution in [2.75, 3.05) is 7.05 Å². The second-order valence-electron chi connectivity index (χ2n) is 4.88. The number of H-pyrrole nitrogens is 1. The summed E-state index contributed by atoms with van der Waals surface area (Å²) in [4.78, 5) is 17.1. The Morgan fingerprint density at radius 1 is 1.56 bits per heavy atom. The van der Waals surface area contributed by atoms with Gasteiger partial charge < -0.3 is 10.7 Å². The number of nitrogens with one attached hydrogen (secondary N) is 1. The van der Waals surface area contributed by atoms with Crippen molar-refractivity contribution in [3.8, 4) is 0 Å². The van der Waals surface area contributed by atoms with Crippen molar-refractivity contribution in [2.24, 2.45) is 5.73 Å². The Kier molecular flexibility index (Phi) is 2.16. The topological polar surface area (TPSA) is 62.1 Å². The van der Waals surface area contributed by atoms with Crippen molar-refractivity contribution in [2.45, 2.75) is 37.9 Å². The normalized spacial score (nSPS) is 28.1. The zero-order valence-electron chi connectivity index (χ0n) is 9.49. The summed E-state index contributed by atoms with van der Waals surface area (Å²) in [6, 6.07) is 3.10. The monoisotopic (exact) mass is 219 g/mol. The van der Waals surface area contributed by atoms with E-state index in [1.165, 1.54) is 18.4 Å². The molecular formula is C12H17N3O. The number of aromatic nitrogens is 1. The highest BCUT2D eigenvalue weighted by Gasteiger charge is 2.37. The number of nitrogens with zero attached hydrogens (tertiary/aromatic N) is 1. The van der Waals surface area contributed by atoms with E-state index in [1.807, 2.05) is 6.07 Å². The first-order valence-electron chi connectivity index (χ1n) is 5.87. The standard InChI is InChI=1S/C12H17N3O/c1-15-8-2-3-11(15)9-4-7(6-13)12(16)14-10(9)5-8/h4,8,11H,2-3,5-6,13H2,1H3,(H,14,16). The maximum Gasteiger partial charge on any atom is 0.252 e. The lowest BCUT2D eigenvalue weighted by Gasteiger charge is -2.33. The molecule has 0 aromatic carbocycles. The number of hydrogen-bond donors (Lipinski definition) is 2. The molecule has 2 aliphatic rings. The minimum absolute atomic E-state index is 0.00907. The number of rotatable bonds is 1. The average molecular weight is 219 g/mol. The van der Waals surface area contributed by atoms with E-state index >= 15 is 0 Å². The Hall–Kier alpha value is -1.13. The van der Waals surface area contributed by atoms with Crippen LogP contribution in [-0.2, 0) is 13.0 Å². The minimum atomic E-state index is -0.00907. The van der Waals surface area contributed by atoms with Crippen LogP contribution >= 0.6 is 0 Å². The molecule has 2 aliphatic heterocycles. The minimum Gasteiger partial charge on any atom is -0.326 e. The van der Waals surface area contributed by atoms with E-state index in [2.05, 4.69) is 16.9 Å². The molecule has 0 amide bonds. The number of pyridine rings is 1. The Labute approximate surface area is 94.5 Å². The van der Waals surface area contributed by atoms with E-state index in [9.17, 15) is 4.79 Å². The van der Waals surface area contributed by atoms with Crippen LogP contribution in [0.3, 0.4) is 0 Å². The Bertz CT molecular complexity index is 480. The van der Waals surface area contributed by atoms with Crippen LogP contribution in [0.15, 0.2) is 10.9 Å². The van der Waals surface area contributed by atoms with E-state index < -0.39 is 0 Å². The highest BCUT2D eigenvalue weighted by molar-refractivity contribution is 5.33. The van der Waals surface area contributed by atoms with Crippen LogP contribution in [0.2, 0.25) is 0 Å². The lowest BCUT2D eigenvalue weighted by atomic mass is 9.97. The van der Waals surface area contributed by atoms with Crippen LogP contribution in [0.4, 0.5) is 0 Å². The van der Waals surface area contributed by atoms with Gasteiger partial charge in [0.1, 0.15) is 0 Å². The van der Waals surface area contributed by atoms with E-state index in [0.29, 0.717) is 24.2 Å². The van der Waals surface area contributed by atoms with E-state index in [1.54, 1.807) is 0 Å². The summed E-state index contributed by atoms with van der Waals surface area (Å²) in [5.74, 6) is 0. The third kappa shape index (κ3) is 1.26. The summed E-state index contributed by atoms with van der Waals surface area (Å²) in [6.45, 7) is 0.322. The fourth-order valence-electron chi connectivity index (χ4n) is 3.12. The van der Waals surface area contributed by atoms with Gasteiger partial charge in [0.25, 0.3) is 5.56 Å². The Morgan fingerprint density at radius 2 is 2.38 bits per heavy atom. The van der Waals surface area contributed by atoms with Crippen molar-refractivity contribution in [1.82, 2.24) is 9.88 Å². The summed E-state index contributed by atoms with van der Waals surface area (Å²) in [6.07, 6.45) is 3.41. The van der Waals surface area contributed by atoms with E-state index in [0.717, 1.165) is 12.1 Å². The summed E-state index contributed by atoms with van der Waals surface area (Å²) in [5.41, 5.74) is 8.70. The number of likely N-dealkylation sites (N-methyl/N-ethyl adjacent to an activating group) is 1. The SMILES string of the molecule is CN1C2CCC1c1cc(CN)c(=O)[nH]c1C2. The summed E-state index contributed by atoms with van der Waals surface area (Å²) in [7, 11) is 2.18. The molecule has 3 heterocycles. The van der Waals surface area contributed by atoms with Crippen molar-refractivity contribution in [3.63, 3.8) is 0 Å². The summed E-state index contributed by atoms with van der Waals surface area (Å²) >= 11 is 0. The molecule has 2 unspecified atom stereocenters. The summed E-state index contributed by atoms with van der Waals surface area (Å²) in [5, 5.41) is 0.